The number of carbonyl (C=O) groups excluding carboxylic acids is 2. The van der Waals surface area contributed by atoms with Gasteiger partial charge < -0.3 is 14.5 Å². The standard InChI is InChI=1S/C12H22N2O3/c1-4-6-14(9-11(15)17-3)12(16)10-5-7-13(2)8-10/h10H,4-9H2,1-3H3. The Balaban J connectivity index is 2.56. The lowest BCUT2D eigenvalue weighted by molar-refractivity contribution is -0.148. The Morgan fingerprint density at radius 2 is 2.18 bits per heavy atom. The molecule has 5 heteroatoms. The van der Waals surface area contributed by atoms with Gasteiger partial charge >= 0.3 is 5.97 Å². The number of hydrogen-bond acceptors (Lipinski definition) is 4. The van der Waals surface area contributed by atoms with E-state index in [0.717, 1.165) is 25.9 Å². The first-order chi connectivity index (χ1) is 8.08. The summed E-state index contributed by atoms with van der Waals surface area (Å²) in [5.41, 5.74) is 0. The minimum absolute atomic E-state index is 0.0382. The van der Waals surface area contributed by atoms with Crippen molar-refractivity contribution in [2.24, 2.45) is 5.92 Å². The fraction of sp³-hybridized carbons (Fsp3) is 0.833. The first-order valence-electron chi connectivity index (χ1n) is 6.12. The van der Waals surface area contributed by atoms with Gasteiger partial charge in [-0.05, 0) is 26.4 Å². The summed E-state index contributed by atoms with van der Waals surface area (Å²) in [5.74, 6) is -0.226. The number of amides is 1. The average molecular weight is 242 g/mol. The van der Waals surface area contributed by atoms with Gasteiger partial charge in [0.25, 0.3) is 0 Å². The van der Waals surface area contributed by atoms with Gasteiger partial charge in [-0.2, -0.15) is 0 Å². The maximum absolute atomic E-state index is 12.2. The van der Waals surface area contributed by atoms with Crippen molar-refractivity contribution in [1.82, 2.24) is 9.80 Å². The van der Waals surface area contributed by atoms with Crippen LogP contribution in [0.2, 0.25) is 0 Å². The van der Waals surface area contributed by atoms with E-state index in [1.807, 2.05) is 14.0 Å². The van der Waals surface area contributed by atoms with Gasteiger partial charge in [0.05, 0.1) is 13.0 Å². The van der Waals surface area contributed by atoms with Crippen molar-refractivity contribution in [3.05, 3.63) is 0 Å². The molecule has 1 atom stereocenters. The van der Waals surface area contributed by atoms with E-state index in [-0.39, 0.29) is 24.3 Å². The number of hydrogen-bond donors (Lipinski definition) is 0. The summed E-state index contributed by atoms with van der Waals surface area (Å²) in [5, 5.41) is 0. The van der Waals surface area contributed by atoms with E-state index < -0.39 is 0 Å². The minimum atomic E-state index is -0.349. The van der Waals surface area contributed by atoms with E-state index in [0.29, 0.717) is 6.54 Å². The number of likely N-dealkylation sites (tertiary alicyclic amines) is 1. The topological polar surface area (TPSA) is 49.9 Å². The Labute approximate surface area is 103 Å². The summed E-state index contributed by atoms with van der Waals surface area (Å²) < 4.78 is 4.62. The van der Waals surface area contributed by atoms with Crippen molar-refractivity contribution in [1.29, 1.82) is 0 Å². The maximum atomic E-state index is 12.2. The molecule has 98 valence electrons. The molecule has 0 aromatic carbocycles. The van der Waals surface area contributed by atoms with Gasteiger partial charge in [0, 0.05) is 13.1 Å². The van der Waals surface area contributed by atoms with Gasteiger partial charge in [-0.1, -0.05) is 6.92 Å². The molecule has 1 rings (SSSR count). The Morgan fingerprint density at radius 1 is 1.47 bits per heavy atom. The highest BCUT2D eigenvalue weighted by molar-refractivity contribution is 5.84. The molecule has 0 saturated carbocycles. The van der Waals surface area contributed by atoms with E-state index in [4.69, 9.17) is 0 Å². The molecule has 0 spiro atoms. The smallest absolute Gasteiger partial charge is 0.325 e. The van der Waals surface area contributed by atoms with Crippen LogP contribution in [-0.2, 0) is 14.3 Å². The second kappa shape index (κ2) is 6.59. The predicted octanol–water partition coefficient (Wildman–Crippen LogP) is 0.350. The first kappa shape index (κ1) is 14.0. The number of methoxy groups -OCH3 is 1. The monoisotopic (exact) mass is 242 g/mol. The molecule has 0 bridgehead atoms. The summed E-state index contributed by atoms with van der Waals surface area (Å²) in [6.45, 7) is 4.44. The van der Waals surface area contributed by atoms with Crippen molar-refractivity contribution in [3.63, 3.8) is 0 Å². The van der Waals surface area contributed by atoms with E-state index in [2.05, 4.69) is 9.64 Å². The summed E-state index contributed by atoms with van der Waals surface area (Å²) in [7, 11) is 3.36. The Bertz CT molecular complexity index is 281. The second-order valence-electron chi connectivity index (χ2n) is 4.58. The summed E-state index contributed by atoms with van der Waals surface area (Å²) in [6, 6.07) is 0. The lowest BCUT2D eigenvalue weighted by Crippen LogP contribution is -2.41. The van der Waals surface area contributed by atoms with Gasteiger partial charge in [0.2, 0.25) is 5.91 Å². The van der Waals surface area contributed by atoms with Crippen molar-refractivity contribution >= 4 is 11.9 Å². The molecule has 0 N–H and O–H groups in total. The number of rotatable bonds is 5. The zero-order chi connectivity index (χ0) is 12.8. The molecule has 17 heavy (non-hydrogen) atoms. The Hall–Kier alpha value is -1.10. The number of ether oxygens (including phenoxy) is 1. The van der Waals surface area contributed by atoms with Crippen molar-refractivity contribution in [2.75, 3.05) is 40.3 Å². The lowest BCUT2D eigenvalue weighted by Gasteiger charge is -2.24. The number of carbonyl (C=O) groups is 2. The fourth-order valence-electron chi connectivity index (χ4n) is 2.15. The van der Waals surface area contributed by atoms with Crippen LogP contribution in [0.5, 0.6) is 0 Å². The maximum Gasteiger partial charge on any atom is 0.325 e. The quantitative estimate of drug-likeness (QED) is 0.653. The Kier molecular flexibility index (Phi) is 5.41. The van der Waals surface area contributed by atoms with Crippen LogP contribution in [0.3, 0.4) is 0 Å². The van der Waals surface area contributed by atoms with Gasteiger partial charge in [-0.3, -0.25) is 9.59 Å². The largest absolute Gasteiger partial charge is 0.468 e. The summed E-state index contributed by atoms with van der Waals surface area (Å²) in [4.78, 5) is 27.2. The van der Waals surface area contributed by atoms with E-state index >= 15 is 0 Å². The molecule has 0 aromatic heterocycles. The molecule has 1 aliphatic heterocycles. The van der Waals surface area contributed by atoms with Crippen LogP contribution >= 0.6 is 0 Å². The third-order valence-electron chi connectivity index (χ3n) is 3.09. The van der Waals surface area contributed by atoms with E-state index in [1.54, 1.807) is 4.90 Å². The van der Waals surface area contributed by atoms with Crippen LogP contribution in [0.1, 0.15) is 19.8 Å². The van der Waals surface area contributed by atoms with Crippen LogP contribution < -0.4 is 0 Å². The summed E-state index contributed by atoms with van der Waals surface area (Å²) in [6.07, 6.45) is 1.74. The highest BCUT2D eigenvalue weighted by Crippen LogP contribution is 2.17. The molecular weight excluding hydrogens is 220 g/mol. The van der Waals surface area contributed by atoms with Gasteiger partial charge in [-0.15, -0.1) is 0 Å². The van der Waals surface area contributed by atoms with Crippen LogP contribution in [0.15, 0.2) is 0 Å². The van der Waals surface area contributed by atoms with Crippen molar-refractivity contribution < 1.29 is 14.3 Å². The van der Waals surface area contributed by atoms with E-state index in [9.17, 15) is 9.59 Å². The molecule has 5 nitrogen and oxygen atoms in total. The molecule has 0 aromatic rings. The van der Waals surface area contributed by atoms with Crippen LogP contribution in [0, 0.1) is 5.92 Å². The van der Waals surface area contributed by atoms with Crippen LogP contribution in [-0.4, -0.2) is 62.0 Å². The van der Waals surface area contributed by atoms with Gasteiger partial charge in [0.1, 0.15) is 6.54 Å². The number of nitrogens with zero attached hydrogens (tertiary/aromatic N) is 2. The molecule has 1 aliphatic rings. The highest BCUT2D eigenvalue weighted by atomic mass is 16.5. The SMILES string of the molecule is CCCN(CC(=O)OC)C(=O)C1CCN(C)C1. The fourth-order valence-corrected chi connectivity index (χ4v) is 2.15. The molecular formula is C12H22N2O3. The van der Waals surface area contributed by atoms with Gasteiger partial charge in [0.15, 0.2) is 0 Å². The normalized spacial score (nSPS) is 20.3. The van der Waals surface area contributed by atoms with Crippen molar-refractivity contribution in [2.45, 2.75) is 19.8 Å². The average Bonchev–Trinajstić information content (AvgIpc) is 2.74. The van der Waals surface area contributed by atoms with Crippen molar-refractivity contribution in [3.8, 4) is 0 Å². The second-order valence-corrected chi connectivity index (χ2v) is 4.58. The predicted molar refractivity (Wildman–Crippen MR) is 64.5 cm³/mol. The van der Waals surface area contributed by atoms with Crippen LogP contribution in [0.4, 0.5) is 0 Å². The van der Waals surface area contributed by atoms with Crippen LogP contribution in [0.25, 0.3) is 0 Å². The molecule has 1 heterocycles. The lowest BCUT2D eigenvalue weighted by atomic mass is 10.1. The molecule has 1 saturated heterocycles. The highest BCUT2D eigenvalue weighted by Gasteiger charge is 2.30. The third kappa shape index (κ3) is 4.00. The summed E-state index contributed by atoms with van der Waals surface area (Å²) >= 11 is 0. The zero-order valence-electron chi connectivity index (χ0n) is 10.9. The third-order valence-corrected chi connectivity index (χ3v) is 3.09. The molecule has 1 amide bonds. The molecule has 0 aliphatic carbocycles. The number of esters is 1. The Morgan fingerprint density at radius 3 is 2.65 bits per heavy atom. The molecule has 0 radical (unpaired) electrons. The van der Waals surface area contributed by atoms with E-state index in [1.165, 1.54) is 7.11 Å². The molecule has 1 unspecified atom stereocenters. The zero-order valence-corrected chi connectivity index (χ0v) is 10.9. The molecule has 1 fully saturated rings. The minimum Gasteiger partial charge on any atom is -0.468 e. The first-order valence-corrected chi connectivity index (χ1v) is 6.12. The van der Waals surface area contributed by atoms with Gasteiger partial charge in [-0.25, -0.2) is 0 Å².